The highest BCUT2D eigenvalue weighted by Crippen LogP contribution is 2.18. The second kappa shape index (κ2) is 17.9. The predicted molar refractivity (Wildman–Crippen MR) is 209 cm³/mol. The van der Waals surface area contributed by atoms with Gasteiger partial charge in [-0.1, -0.05) is 52.6 Å². The van der Waals surface area contributed by atoms with Gasteiger partial charge in [0.05, 0.1) is 0 Å². The predicted octanol–water partition coefficient (Wildman–Crippen LogP) is 4.13. The number of aryl methyl sites for hydroxylation is 2. The third-order valence-electron chi connectivity index (χ3n) is 8.08. The Labute approximate surface area is 310 Å². The van der Waals surface area contributed by atoms with Crippen LogP contribution in [0.1, 0.15) is 26.2 Å². The van der Waals surface area contributed by atoms with Crippen molar-refractivity contribution in [2.75, 3.05) is 19.8 Å². The van der Waals surface area contributed by atoms with Crippen LogP contribution in [0.3, 0.4) is 0 Å². The van der Waals surface area contributed by atoms with Gasteiger partial charge in [0.1, 0.15) is 13.5 Å². The lowest BCUT2D eigenvalue weighted by Gasteiger charge is -2.16. The number of unbranched alkanes of at least 4 members (excludes halogenated alkanes) is 1. The maximum atomic E-state index is 12.9. The van der Waals surface area contributed by atoms with Crippen LogP contribution < -0.4 is 22.5 Å². The van der Waals surface area contributed by atoms with E-state index in [2.05, 4.69) is 81.1 Å². The van der Waals surface area contributed by atoms with Crippen molar-refractivity contribution in [2.24, 2.45) is 14.1 Å². The highest BCUT2D eigenvalue weighted by Gasteiger charge is 2.21. The Morgan fingerprint density at radius 1 is 0.660 bits per heavy atom. The third kappa shape index (κ3) is 10.3. The first-order chi connectivity index (χ1) is 23.3. The van der Waals surface area contributed by atoms with Crippen molar-refractivity contribution in [1.82, 2.24) is 37.4 Å². The molecule has 1 N–H and O–H groups in total. The van der Waals surface area contributed by atoms with Crippen LogP contribution >= 0.6 is 31.9 Å². The van der Waals surface area contributed by atoms with Gasteiger partial charge in [-0.05, 0) is 56.8 Å². The Morgan fingerprint density at radius 2 is 1.04 bits per heavy atom. The van der Waals surface area contributed by atoms with Crippen LogP contribution in [0, 0.1) is 0 Å². The summed E-state index contributed by atoms with van der Waals surface area (Å²) in [6.07, 6.45) is 2.03. The number of aliphatic hydroxyl groups is 1. The van der Waals surface area contributed by atoms with Crippen molar-refractivity contribution in [3.63, 3.8) is 0 Å². The molecule has 4 rings (SSSR count). The number of fused-ring (bicyclic) bond motifs is 2. The SMILES string of the molecule is CCCCn1c(=O)c2c(nc(Br)n2COCC[Si](C)(C)C)n(C)c1=O.Cn1c(=O)n(CCCO)c(=O)c2c1nc(Br)n2COCC[Si](C)(C)C. The zero-order valence-corrected chi connectivity index (χ0v) is 35.9. The van der Waals surface area contributed by atoms with Crippen LogP contribution in [-0.4, -0.2) is 78.4 Å². The number of halogens is 2. The molecule has 0 amide bonds. The molecule has 0 radical (unpaired) electrons. The van der Waals surface area contributed by atoms with E-state index in [1.54, 1.807) is 23.2 Å². The summed E-state index contributed by atoms with van der Waals surface area (Å²) in [5.41, 5.74) is -0.0834. The van der Waals surface area contributed by atoms with Crippen molar-refractivity contribution >= 4 is 70.3 Å². The molecule has 0 saturated heterocycles. The molecule has 0 spiro atoms. The first-order valence-electron chi connectivity index (χ1n) is 16.8. The van der Waals surface area contributed by atoms with E-state index in [9.17, 15) is 19.2 Å². The number of hydrogen-bond donors (Lipinski definition) is 1. The normalized spacial score (nSPS) is 12.2. The minimum Gasteiger partial charge on any atom is -0.396 e. The van der Waals surface area contributed by atoms with Gasteiger partial charge in [-0.3, -0.25) is 37.0 Å². The molecule has 0 aliphatic rings. The van der Waals surface area contributed by atoms with Crippen molar-refractivity contribution in [3.8, 4) is 0 Å². The van der Waals surface area contributed by atoms with E-state index < -0.39 is 27.4 Å². The number of rotatable bonds is 16. The summed E-state index contributed by atoms with van der Waals surface area (Å²) in [5.74, 6) is 0. The van der Waals surface area contributed by atoms with Crippen molar-refractivity contribution in [1.29, 1.82) is 0 Å². The fourth-order valence-corrected chi connectivity index (χ4v) is 7.34. The van der Waals surface area contributed by atoms with Gasteiger partial charge in [-0.15, -0.1) is 0 Å². The molecule has 0 aliphatic heterocycles. The summed E-state index contributed by atoms with van der Waals surface area (Å²) < 4.78 is 21.0. The van der Waals surface area contributed by atoms with E-state index in [1.165, 1.54) is 13.7 Å². The summed E-state index contributed by atoms with van der Waals surface area (Å²) in [5, 5.41) is 8.99. The highest BCUT2D eigenvalue weighted by molar-refractivity contribution is 9.10. The molecule has 0 aromatic carbocycles. The standard InChI is InChI=1S/C16H27BrN4O3Si.C15H25BrN4O4Si/c1-6-7-8-20-14(22)12-13(19(2)16(20)23)18-15(17)21(12)11-24-9-10-25(3,4)5;1-18-12-11(13(22)19(15(18)23)6-5-7-21)20(14(16)17-12)10-24-8-9-25(2,3)4/h6-11H2,1-5H3;21H,5-10H2,1-4H3. The molecule has 0 aliphatic carbocycles. The second-order valence-electron chi connectivity index (χ2n) is 14.7. The number of aromatic nitrogens is 8. The minimum absolute atomic E-state index is 0.0869. The van der Waals surface area contributed by atoms with Crippen LogP contribution in [-0.2, 0) is 50.1 Å². The van der Waals surface area contributed by atoms with Crippen LogP contribution in [0.15, 0.2) is 28.6 Å². The monoisotopic (exact) mass is 862 g/mol. The summed E-state index contributed by atoms with van der Waals surface area (Å²) in [6, 6.07) is 2.08. The van der Waals surface area contributed by atoms with Gasteiger partial charge in [0.2, 0.25) is 0 Å². The Morgan fingerprint density at radius 3 is 1.38 bits per heavy atom. The van der Waals surface area contributed by atoms with E-state index in [4.69, 9.17) is 14.6 Å². The molecule has 4 aromatic heterocycles. The number of imidazole rings is 2. The van der Waals surface area contributed by atoms with Crippen LogP contribution in [0.5, 0.6) is 0 Å². The van der Waals surface area contributed by atoms with Crippen LogP contribution in [0.2, 0.25) is 51.4 Å². The number of nitrogens with zero attached hydrogens (tertiary/aromatic N) is 8. The van der Waals surface area contributed by atoms with E-state index in [-0.39, 0.29) is 37.9 Å². The number of ether oxygens (including phenoxy) is 2. The zero-order valence-electron chi connectivity index (χ0n) is 30.7. The third-order valence-corrected chi connectivity index (χ3v) is 12.7. The van der Waals surface area contributed by atoms with Gasteiger partial charge in [0, 0.05) is 63.2 Å². The molecule has 50 heavy (non-hydrogen) atoms. The van der Waals surface area contributed by atoms with Crippen molar-refractivity contribution < 1.29 is 14.6 Å². The van der Waals surface area contributed by atoms with Crippen molar-refractivity contribution in [3.05, 3.63) is 51.1 Å². The van der Waals surface area contributed by atoms with Crippen LogP contribution in [0.25, 0.3) is 22.3 Å². The van der Waals surface area contributed by atoms with Gasteiger partial charge in [0.25, 0.3) is 11.1 Å². The topological polar surface area (TPSA) is 162 Å². The van der Waals surface area contributed by atoms with Gasteiger partial charge >= 0.3 is 11.4 Å². The summed E-state index contributed by atoms with van der Waals surface area (Å²) in [7, 11) is 0.855. The Kier molecular flexibility index (Phi) is 15.0. The van der Waals surface area contributed by atoms with E-state index >= 15 is 0 Å². The zero-order chi connectivity index (χ0) is 37.6. The number of hydrogen-bond acceptors (Lipinski definition) is 9. The van der Waals surface area contributed by atoms with Crippen molar-refractivity contribution in [2.45, 2.75) is 104 Å². The average molecular weight is 865 g/mol. The quantitative estimate of drug-likeness (QED) is 0.0993. The maximum Gasteiger partial charge on any atom is 0.332 e. The fraction of sp³-hybridized carbons (Fsp3) is 0.677. The molecule has 0 saturated carbocycles. The molecule has 0 atom stereocenters. The highest BCUT2D eigenvalue weighted by atomic mass is 79.9. The van der Waals surface area contributed by atoms with E-state index in [0.717, 1.165) is 29.5 Å². The smallest absolute Gasteiger partial charge is 0.332 e. The fourth-order valence-electron chi connectivity index (χ4n) is 4.93. The molecular weight excluding hydrogens is 812 g/mol. The Hall–Kier alpha value is -2.43. The van der Waals surface area contributed by atoms with E-state index in [0.29, 0.717) is 58.0 Å². The summed E-state index contributed by atoms with van der Waals surface area (Å²) in [4.78, 5) is 59.0. The van der Waals surface area contributed by atoms with Gasteiger partial charge < -0.3 is 14.6 Å². The molecule has 15 nitrogen and oxygen atoms in total. The van der Waals surface area contributed by atoms with Gasteiger partial charge in [0.15, 0.2) is 31.8 Å². The van der Waals surface area contributed by atoms with Gasteiger partial charge in [-0.2, -0.15) is 0 Å². The molecule has 0 fully saturated rings. The van der Waals surface area contributed by atoms with E-state index in [1.807, 2.05) is 6.92 Å². The average Bonchev–Trinajstić information content (AvgIpc) is 3.54. The molecule has 280 valence electrons. The van der Waals surface area contributed by atoms with Crippen LogP contribution in [0.4, 0.5) is 0 Å². The largest absolute Gasteiger partial charge is 0.396 e. The summed E-state index contributed by atoms with van der Waals surface area (Å²) in [6.45, 7) is 17.9. The molecule has 4 aromatic rings. The molecule has 0 unspecified atom stereocenters. The first-order valence-corrected chi connectivity index (χ1v) is 25.8. The molecule has 0 bridgehead atoms. The molecule has 19 heteroatoms. The minimum atomic E-state index is -1.19. The van der Waals surface area contributed by atoms with Gasteiger partial charge in [-0.25, -0.2) is 19.6 Å². The lowest BCUT2D eigenvalue weighted by Crippen LogP contribution is -2.40. The lowest BCUT2D eigenvalue weighted by atomic mass is 10.3. The summed E-state index contributed by atoms with van der Waals surface area (Å²) >= 11 is 6.74. The Balaban J connectivity index is 0.000000270. The first kappa shape index (κ1) is 42.0. The second-order valence-corrected chi connectivity index (χ2v) is 27.3. The molecule has 4 heterocycles. The Bertz CT molecular complexity index is 1870. The number of aliphatic hydroxyl groups excluding tert-OH is 1. The lowest BCUT2D eigenvalue weighted by molar-refractivity contribution is 0.0881. The maximum absolute atomic E-state index is 12.9. The molecular formula is C31H52Br2N8O7Si2.